The highest BCUT2D eigenvalue weighted by molar-refractivity contribution is 5.73. The second-order valence-electron chi connectivity index (χ2n) is 10.2. The standard InChI is InChI=1S/C26H38O5/c1-25(2,17-27)15-5-7-18-9-11-20(22(18)28)13-14-21-12-10-19(23(21)29)8-6-16-26(3,4)24(30)31/h9-14,22-23,27-29H,5-8,15-17H2,1-4H3,(H,30,31). The van der Waals surface area contributed by atoms with Gasteiger partial charge in [-0.15, -0.1) is 0 Å². The fraction of sp³-hybridized carbons (Fsp3) is 0.577. The first-order valence-corrected chi connectivity index (χ1v) is 11.2. The summed E-state index contributed by atoms with van der Waals surface area (Å²) in [5, 5.41) is 39.7. The van der Waals surface area contributed by atoms with Crippen LogP contribution < -0.4 is 0 Å². The average molecular weight is 431 g/mol. The van der Waals surface area contributed by atoms with E-state index in [1.165, 1.54) is 0 Å². The van der Waals surface area contributed by atoms with Crippen molar-refractivity contribution in [2.24, 2.45) is 10.8 Å². The minimum atomic E-state index is -0.802. The topological polar surface area (TPSA) is 98.0 Å². The van der Waals surface area contributed by atoms with Gasteiger partial charge in [-0.3, -0.25) is 4.79 Å². The van der Waals surface area contributed by atoms with Gasteiger partial charge in [0.15, 0.2) is 0 Å². The van der Waals surface area contributed by atoms with Gasteiger partial charge in [-0.2, -0.15) is 0 Å². The lowest BCUT2D eigenvalue weighted by Crippen LogP contribution is -2.23. The zero-order valence-electron chi connectivity index (χ0n) is 19.3. The van der Waals surface area contributed by atoms with E-state index in [4.69, 9.17) is 0 Å². The maximum atomic E-state index is 11.2. The molecule has 0 saturated heterocycles. The lowest BCUT2D eigenvalue weighted by Gasteiger charge is -2.21. The molecule has 0 amide bonds. The van der Waals surface area contributed by atoms with Gasteiger partial charge in [0.05, 0.1) is 5.41 Å². The number of carbonyl (C=O) groups is 1. The summed E-state index contributed by atoms with van der Waals surface area (Å²) in [6, 6.07) is 0. The van der Waals surface area contributed by atoms with Gasteiger partial charge in [0.25, 0.3) is 0 Å². The first-order chi connectivity index (χ1) is 14.5. The SMILES string of the molecule is CC(C)(CO)CCCC1=CC=C(C=CC2=CC=C(CCCC(C)(C)C(=O)O)C2O)C1O. The molecule has 0 aromatic rings. The third-order valence-electron chi connectivity index (χ3n) is 6.38. The number of rotatable bonds is 12. The predicted octanol–water partition coefficient (Wildman–Crippen LogP) is 4.47. The second-order valence-corrected chi connectivity index (χ2v) is 10.2. The molecule has 0 aromatic carbocycles. The van der Waals surface area contributed by atoms with Crippen LogP contribution in [0.3, 0.4) is 0 Å². The molecule has 2 aliphatic carbocycles. The molecule has 0 spiro atoms. The lowest BCUT2D eigenvalue weighted by atomic mass is 9.86. The van der Waals surface area contributed by atoms with E-state index in [0.717, 1.165) is 41.6 Å². The Morgan fingerprint density at radius 2 is 1.32 bits per heavy atom. The summed E-state index contributed by atoms with van der Waals surface area (Å²) in [6.07, 6.45) is 14.6. The van der Waals surface area contributed by atoms with Crippen LogP contribution in [0, 0.1) is 10.8 Å². The van der Waals surface area contributed by atoms with Gasteiger partial charge in [0.1, 0.15) is 12.2 Å². The number of carboxylic acid groups (broad SMARTS) is 1. The Morgan fingerprint density at radius 1 is 0.871 bits per heavy atom. The van der Waals surface area contributed by atoms with E-state index in [2.05, 4.69) is 0 Å². The zero-order valence-corrected chi connectivity index (χ0v) is 19.3. The van der Waals surface area contributed by atoms with E-state index in [1.807, 2.05) is 50.3 Å². The molecule has 5 nitrogen and oxygen atoms in total. The maximum absolute atomic E-state index is 11.2. The Balaban J connectivity index is 1.79. The van der Waals surface area contributed by atoms with E-state index < -0.39 is 23.6 Å². The number of hydrogen-bond donors (Lipinski definition) is 4. The van der Waals surface area contributed by atoms with Crippen LogP contribution in [0.1, 0.15) is 66.2 Å². The van der Waals surface area contributed by atoms with Crippen LogP contribution in [0.4, 0.5) is 0 Å². The number of aliphatic carboxylic acids is 1. The fourth-order valence-corrected chi connectivity index (χ4v) is 3.82. The Hall–Kier alpha value is -1.95. The zero-order chi connectivity index (χ0) is 23.2. The van der Waals surface area contributed by atoms with E-state index in [0.29, 0.717) is 19.3 Å². The van der Waals surface area contributed by atoms with Crippen LogP contribution in [0.15, 0.2) is 58.7 Å². The predicted molar refractivity (Wildman–Crippen MR) is 123 cm³/mol. The quantitative estimate of drug-likeness (QED) is 0.366. The Kier molecular flexibility index (Phi) is 8.64. The number of aliphatic hydroxyl groups is 3. The first kappa shape index (κ1) is 25.3. The number of carboxylic acids is 1. The molecule has 2 atom stereocenters. The molecule has 2 unspecified atom stereocenters. The summed E-state index contributed by atoms with van der Waals surface area (Å²) in [4.78, 5) is 11.2. The van der Waals surface area contributed by atoms with Gasteiger partial charge in [-0.25, -0.2) is 0 Å². The van der Waals surface area contributed by atoms with Crippen molar-refractivity contribution in [2.45, 2.75) is 78.4 Å². The number of allylic oxidation sites excluding steroid dienone is 4. The molecule has 31 heavy (non-hydrogen) atoms. The Bertz CT molecular complexity index is 808. The highest BCUT2D eigenvalue weighted by Gasteiger charge is 2.27. The van der Waals surface area contributed by atoms with Gasteiger partial charge in [-0.1, -0.05) is 50.3 Å². The summed E-state index contributed by atoms with van der Waals surface area (Å²) in [6.45, 7) is 7.67. The fourth-order valence-electron chi connectivity index (χ4n) is 3.82. The summed E-state index contributed by atoms with van der Waals surface area (Å²) in [5.74, 6) is -0.802. The minimum Gasteiger partial charge on any atom is -0.481 e. The van der Waals surface area contributed by atoms with E-state index >= 15 is 0 Å². The van der Waals surface area contributed by atoms with Gasteiger partial charge in [-0.05, 0) is 80.1 Å². The summed E-state index contributed by atoms with van der Waals surface area (Å²) < 4.78 is 0. The summed E-state index contributed by atoms with van der Waals surface area (Å²) in [5.41, 5.74) is 2.60. The van der Waals surface area contributed by atoms with Crippen molar-refractivity contribution in [3.05, 3.63) is 58.7 Å². The van der Waals surface area contributed by atoms with Crippen molar-refractivity contribution < 1.29 is 25.2 Å². The third kappa shape index (κ3) is 7.03. The molecule has 0 saturated carbocycles. The molecule has 0 aromatic heterocycles. The van der Waals surface area contributed by atoms with Crippen LogP contribution >= 0.6 is 0 Å². The largest absolute Gasteiger partial charge is 0.481 e. The smallest absolute Gasteiger partial charge is 0.309 e. The Morgan fingerprint density at radius 3 is 1.74 bits per heavy atom. The minimum absolute atomic E-state index is 0.0978. The van der Waals surface area contributed by atoms with Crippen molar-refractivity contribution in [3.63, 3.8) is 0 Å². The van der Waals surface area contributed by atoms with Crippen molar-refractivity contribution in [2.75, 3.05) is 6.61 Å². The molecule has 2 aliphatic rings. The van der Waals surface area contributed by atoms with Crippen molar-refractivity contribution in [1.29, 1.82) is 0 Å². The number of hydrogen-bond acceptors (Lipinski definition) is 4. The summed E-state index contributed by atoms with van der Waals surface area (Å²) in [7, 11) is 0. The van der Waals surface area contributed by atoms with Gasteiger partial charge in [0, 0.05) is 6.61 Å². The molecule has 0 aliphatic heterocycles. The first-order valence-electron chi connectivity index (χ1n) is 11.2. The molecule has 2 rings (SSSR count). The molecular weight excluding hydrogens is 392 g/mol. The van der Waals surface area contributed by atoms with Crippen LogP contribution in [-0.4, -0.2) is 45.2 Å². The number of aliphatic hydroxyl groups excluding tert-OH is 3. The maximum Gasteiger partial charge on any atom is 0.309 e. The van der Waals surface area contributed by atoms with Crippen LogP contribution in [0.5, 0.6) is 0 Å². The highest BCUT2D eigenvalue weighted by Crippen LogP contribution is 2.31. The molecule has 0 fully saturated rings. The van der Waals surface area contributed by atoms with E-state index in [9.17, 15) is 25.2 Å². The second kappa shape index (κ2) is 10.6. The molecule has 0 bridgehead atoms. The van der Waals surface area contributed by atoms with Crippen molar-refractivity contribution in [1.82, 2.24) is 0 Å². The lowest BCUT2D eigenvalue weighted by molar-refractivity contribution is -0.147. The molecule has 0 radical (unpaired) electrons. The van der Waals surface area contributed by atoms with Crippen LogP contribution in [0.25, 0.3) is 0 Å². The third-order valence-corrected chi connectivity index (χ3v) is 6.38. The van der Waals surface area contributed by atoms with Crippen LogP contribution in [0.2, 0.25) is 0 Å². The monoisotopic (exact) mass is 430 g/mol. The molecule has 0 heterocycles. The molecule has 5 heteroatoms. The van der Waals surface area contributed by atoms with Gasteiger partial charge in [0.2, 0.25) is 0 Å². The Labute approximate surface area is 186 Å². The highest BCUT2D eigenvalue weighted by atomic mass is 16.4. The van der Waals surface area contributed by atoms with E-state index in [1.54, 1.807) is 13.8 Å². The van der Waals surface area contributed by atoms with Crippen molar-refractivity contribution in [3.8, 4) is 0 Å². The van der Waals surface area contributed by atoms with Crippen LogP contribution in [-0.2, 0) is 4.79 Å². The van der Waals surface area contributed by atoms with Crippen molar-refractivity contribution >= 4 is 5.97 Å². The average Bonchev–Trinajstić information content (AvgIpc) is 3.23. The summed E-state index contributed by atoms with van der Waals surface area (Å²) >= 11 is 0. The van der Waals surface area contributed by atoms with Gasteiger partial charge >= 0.3 is 5.97 Å². The normalized spacial score (nSPS) is 21.9. The molecular formula is C26H38O5. The van der Waals surface area contributed by atoms with E-state index in [-0.39, 0.29) is 12.0 Å². The molecule has 172 valence electrons. The van der Waals surface area contributed by atoms with Gasteiger partial charge < -0.3 is 20.4 Å². The molecule has 4 N–H and O–H groups in total.